The van der Waals surface area contributed by atoms with Crippen molar-refractivity contribution in [2.75, 3.05) is 13.2 Å². The molecule has 1 rings (SSSR count). The number of carbonyl (C=O) groups is 2. The second kappa shape index (κ2) is 8.08. The maximum absolute atomic E-state index is 11.1. The van der Waals surface area contributed by atoms with Crippen molar-refractivity contribution < 1.29 is 38.7 Å². The molecule has 1 heterocycles. The largest absolute Gasteiger partial charge is 0.457 e. The van der Waals surface area contributed by atoms with E-state index in [9.17, 15) is 19.8 Å². The van der Waals surface area contributed by atoms with Crippen LogP contribution in [0.3, 0.4) is 0 Å². The van der Waals surface area contributed by atoms with Crippen LogP contribution in [0, 0.1) is 0 Å². The van der Waals surface area contributed by atoms with Gasteiger partial charge in [-0.2, -0.15) is 0 Å². The molecule has 0 saturated carbocycles. The molecule has 1 unspecified atom stereocenters. The van der Waals surface area contributed by atoms with Crippen molar-refractivity contribution in [3.63, 3.8) is 0 Å². The fourth-order valence-electron chi connectivity index (χ4n) is 2.00. The first kappa shape index (κ1) is 17.6. The van der Waals surface area contributed by atoms with Gasteiger partial charge in [0, 0.05) is 13.8 Å². The van der Waals surface area contributed by atoms with Crippen molar-refractivity contribution in [3.8, 4) is 0 Å². The summed E-state index contributed by atoms with van der Waals surface area (Å²) in [6, 6.07) is 0. The third-order valence-corrected chi connectivity index (χ3v) is 2.78. The second-order valence-electron chi connectivity index (χ2n) is 4.49. The zero-order chi connectivity index (χ0) is 16.0. The maximum Gasteiger partial charge on any atom is 0.303 e. The average Bonchev–Trinajstić information content (AvgIpc) is 2.70. The van der Waals surface area contributed by atoms with Gasteiger partial charge >= 0.3 is 11.9 Å². The Morgan fingerprint density at radius 3 is 2.52 bits per heavy atom. The SMILES string of the molecule is C=CCO[C@@H]1O[C@@H]([C@@H](CO)OC(C)=O)C(O)[C@@H]1OC(C)=O. The van der Waals surface area contributed by atoms with Crippen molar-refractivity contribution >= 4 is 11.9 Å². The molecule has 0 spiro atoms. The Morgan fingerprint density at radius 1 is 1.38 bits per heavy atom. The van der Waals surface area contributed by atoms with Gasteiger partial charge in [0.05, 0.1) is 13.2 Å². The normalized spacial score (nSPS) is 29.7. The molecular weight excluding hydrogens is 284 g/mol. The number of hydrogen-bond donors (Lipinski definition) is 2. The van der Waals surface area contributed by atoms with E-state index in [0.717, 1.165) is 0 Å². The van der Waals surface area contributed by atoms with Gasteiger partial charge in [-0.05, 0) is 0 Å². The van der Waals surface area contributed by atoms with Gasteiger partial charge in [-0.25, -0.2) is 0 Å². The molecule has 0 aromatic heterocycles. The van der Waals surface area contributed by atoms with Gasteiger partial charge in [0.1, 0.15) is 12.2 Å². The minimum absolute atomic E-state index is 0.110. The van der Waals surface area contributed by atoms with Gasteiger partial charge in [0.2, 0.25) is 0 Å². The predicted molar refractivity (Wildman–Crippen MR) is 69.0 cm³/mol. The Morgan fingerprint density at radius 2 is 2.05 bits per heavy atom. The van der Waals surface area contributed by atoms with E-state index < -0.39 is 49.3 Å². The first-order valence-electron chi connectivity index (χ1n) is 6.42. The molecule has 21 heavy (non-hydrogen) atoms. The van der Waals surface area contributed by atoms with Crippen LogP contribution in [0.25, 0.3) is 0 Å². The van der Waals surface area contributed by atoms with Crippen molar-refractivity contribution in [1.29, 1.82) is 0 Å². The third-order valence-electron chi connectivity index (χ3n) is 2.78. The van der Waals surface area contributed by atoms with Crippen LogP contribution >= 0.6 is 0 Å². The molecule has 0 amide bonds. The topological polar surface area (TPSA) is 112 Å². The molecule has 0 aromatic rings. The highest BCUT2D eigenvalue weighted by molar-refractivity contribution is 5.66. The molecule has 1 aliphatic heterocycles. The van der Waals surface area contributed by atoms with Gasteiger partial charge < -0.3 is 29.2 Å². The van der Waals surface area contributed by atoms with Gasteiger partial charge in [-0.3, -0.25) is 9.59 Å². The predicted octanol–water partition coefficient (Wildman–Crippen LogP) is -0.869. The molecular formula is C13H20O8. The third kappa shape index (κ3) is 4.78. The summed E-state index contributed by atoms with van der Waals surface area (Å²) in [5, 5.41) is 19.4. The summed E-state index contributed by atoms with van der Waals surface area (Å²) in [7, 11) is 0. The van der Waals surface area contributed by atoms with Gasteiger partial charge in [0.15, 0.2) is 18.5 Å². The van der Waals surface area contributed by atoms with Crippen LogP contribution in [0.5, 0.6) is 0 Å². The summed E-state index contributed by atoms with van der Waals surface area (Å²) < 4.78 is 20.5. The molecule has 8 nitrogen and oxygen atoms in total. The van der Waals surface area contributed by atoms with Crippen LogP contribution in [-0.2, 0) is 28.5 Å². The van der Waals surface area contributed by atoms with E-state index in [1.807, 2.05) is 0 Å². The molecule has 5 atom stereocenters. The highest BCUT2D eigenvalue weighted by Gasteiger charge is 2.50. The van der Waals surface area contributed by atoms with E-state index in [0.29, 0.717) is 0 Å². The molecule has 120 valence electrons. The molecule has 1 aliphatic rings. The first-order chi connectivity index (χ1) is 9.90. The molecule has 0 bridgehead atoms. The minimum atomic E-state index is -1.31. The lowest BCUT2D eigenvalue weighted by Crippen LogP contribution is -2.44. The Hall–Kier alpha value is -1.48. The summed E-state index contributed by atoms with van der Waals surface area (Å²) in [4.78, 5) is 22.1. The van der Waals surface area contributed by atoms with E-state index in [4.69, 9.17) is 18.9 Å². The summed E-state index contributed by atoms with van der Waals surface area (Å²) in [6.45, 7) is 5.38. The molecule has 0 aromatic carbocycles. The molecule has 2 N–H and O–H groups in total. The smallest absolute Gasteiger partial charge is 0.303 e. The standard InChI is InChI=1S/C13H20O8/c1-4-5-18-13-12(20-8(3)16)10(17)11(21-13)9(6-14)19-7(2)15/h4,9-14,17H,1,5-6H2,2-3H3/t9-,10?,11+,12+,13-/m1/s1. The van der Waals surface area contributed by atoms with E-state index >= 15 is 0 Å². The molecule has 0 aliphatic carbocycles. The fraction of sp³-hybridized carbons (Fsp3) is 0.692. The number of hydrogen-bond acceptors (Lipinski definition) is 8. The Balaban J connectivity index is 2.84. The number of rotatable bonds is 7. The highest BCUT2D eigenvalue weighted by Crippen LogP contribution is 2.28. The number of carbonyl (C=O) groups excluding carboxylic acids is 2. The van der Waals surface area contributed by atoms with Crippen LogP contribution in [0.2, 0.25) is 0 Å². The van der Waals surface area contributed by atoms with Crippen LogP contribution in [0.15, 0.2) is 12.7 Å². The summed E-state index contributed by atoms with van der Waals surface area (Å²) in [5.41, 5.74) is 0. The molecule has 0 radical (unpaired) electrons. The number of aliphatic hydroxyl groups is 2. The Kier molecular flexibility index (Phi) is 6.76. The second-order valence-corrected chi connectivity index (χ2v) is 4.49. The Bertz CT molecular complexity index is 382. The van der Waals surface area contributed by atoms with Crippen molar-refractivity contribution in [2.24, 2.45) is 0 Å². The van der Waals surface area contributed by atoms with Crippen LogP contribution in [0.1, 0.15) is 13.8 Å². The zero-order valence-corrected chi connectivity index (χ0v) is 11.9. The molecule has 8 heteroatoms. The van der Waals surface area contributed by atoms with Crippen LogP contribution < -0.4 is 0 Å². The van der Waals surface area contributed by atoms with E-state index in [2.05, 4.69) is 6.58 Å². The summed E-state index contributed by atoms with van der Waals surface area (Å²) in [5.74, 6) is -1.26. The van der Waals surface area contributed by atoms with E-state index in [1.54, 1.807) is 0 Å². The quantitative estimate of drug-likeness (QED) is 0.461. The Labute approximate surface area is 122 Å². The average molecular weight is 304 g/mol. The number of aliphatic hydroxyl groups excluding tert-OH is 2. The maximum atomic E-state index is 11.1. The zero-order valence-electron chi connectivity index (χ0n) is 11.9. The van der Waals surface area contributed by atoms with Crippen LogP contribution in [0.4, 0.5) is 0 Å². The lowest BCUT2D eigenvalue weighted by molar-refractivity contribution is -0.194. The van der Waals surface area contributed by atoms with Crippen LogP contribution in [-0.4, -0.2) is 66.1 Å². The van der Waals surface area contributed by atoms with Gasteiger partial charge in [-0.15, -0.1) is 6.58 Å². The van der Waals surface area contributed by atoms with E-state index in [1.165, 1.54) is 19.9 Å². The van der Waals surface area contributed by atoms with Crippen molar-refractivity contribution in [1.82, 2.24) is 0 Å². The lowest BCUT2D eigenvalue weighted by atomic mass is 10.1. The van der Waals surface area contributed by atoms with E-state index in [-0.39, 0.29) is 6.61 Å². The number of ether oxygens (including phenoxy) is 4. The monoisotopic (exact) mass is 304 g/mol. The summed E-state index contributed by atoms with van der Waals surface area (Å²) in [6.07, 6.45) is -4.14. The summed E-state index contributed by atoms with van der Waals surface area (Å²) >= 11 is 0. The molecule has 1 saturated heterocycles. The minimum Gasteiger partial charge on any atom is -0.457 e. The van der Waals surface area contributed by atoms with Gasteiger partial charge in [0.25, 0.3) is 0 Å². The van der Waals surface area contributed by atoms with Gasteiger partial charge in [-0.1, -0.05) is 6.08 Å². The lowest BCUT2D eigenvalue weighted by Gasteiger charge is -2.23. The highest BCUT2D eigenvalue weighted by atomic mass is 16.7. The first-order valence-corrected chi connectivity index (χ1v) is 6.42. The number of esters is 2. The van der Waals surface area contributed by atoms with Crippen molar-refractivity contribution in [2.45, 2.75) is 44.6 Å². The van der Waals surface area contributed by atoms with Crippen molar-refractivity contribution in [3.05, 3.63) is 12.7 Å². The molecule has 1 fully saturated rings. The fourth-order valence-corrected chi connectivity index (χ4v) is 2.00.